The highest BCUT2D eigenvalue weighted by atomic mass is 16.5. The fraction of sp³-hybridized carbons (Fsp3) is 0.812. The standard InChI is InChI=1S/C16H27N3O/c1-12(2)16-18-14-10-17-7-6-15(14)19(16)8-3-9-20-11-13-4-5-13/h12-13,17H,3-11H2,1-2H3. The first-order valence-electron chi connectivity index (χ1n) is 8.12. The maximum absolute atomic E-state index is 5.75. The quantitative estimate of drug-likeness (QED) is 0.778. The number of nitrogens with zero attached hydrogens (tertiary/aromatic N) is 2. The van der Waals surface area contributed by atoms with Gasteiger partial charge in [-0.25, -0.2) is 4.98 Å². The zero-order valence-corrected chi connectivity index (χ0v) is 12.8. The summed E-state index contributed by atoms with van der Waals surface area (Å²) in [5, 5.41) is 3.42. The molecule has 4 heteroatoms. The van der Waals surface area contributed by atoms with E-state index < -0.39 is 0 Å². The van der Waals surface area contributed by atoms with E-state index in [9.17, 15) is 0 Å². The molecule has 1 saturated carbocycles. The highest BCUT2D eigenvalue weighted by molar-refractivity contribution is 5.21. The highest BCUT2D eigenvalue weighted by Gasteiger charge is 2.22. The van der Waals surface area contributed by atoms with Gasteiger partial charge in [0.05, 0.1) is 5.69 Å². The average molecular weight is 277 g/mol. The third-order valence-electron chi connectivity index (χ3n) is 4.25. The van der Waals surface area contributed by atoms with E-state index in [-0.39, 0.29) is 0 Å². The van der Waals surface area contributed by atoms with Gasteiger partial charge < -0.3 is 14.6 Å². The first kappa shape index (κ1) is 14.1. The second kappa shape index (κ2) is 6.27. The van der Waals surface area contributed by atoms with E-state index in [0.29, 0.717) is 5.92 Å². The summed E-state index contributed by atoms with van der Waals surface area (Å²) in [5.74, 6) is 2.61. The molecule has 0 amide bonds. The number of hydrogen-bond acceptors (Lipinski definition) is 3. The van der Waals surface area contributed by atoms with Crippen molar-refractivity contribution in [2.24, 2.45) is 5.92 Å². The van der Waals surface area contributed by atoms with Crippen LogP contribution in [-0.2, 0) is 24.2 Å². The summed E-state index contributed by atoms with van der Waals surface area (Å²) in [6.07, 6.45) is 4.96. The molecule has 2 heterocycles. The lowest BCUT2D eigenvalue weighted by atomic mass is 10.1. The Kier molecular flexibility index (Phi) is 4.41. The molecule has 1 aromatic heterocycles. The van der Waals surface area contributed by atoms with Gasteiger partial charge in [-0.15, -0.1) is 0 Å². The van der Waals surface area contributed by atoms with E-state index in [2.05, 4.69) is 23.7 Å². The summed E-state index contributed by atoms with van der Waals surface area (Å²) < 4.78 is 8.21. The van der Waals surface area contributed by atoms with Crippen LogP contribution in [0.5, 0.6) is 0 Å². The average Bonchev–Trinajstić information content (AvgIpc) is 3.19. The van der Waals surface area contributed by atoms with Crippen molar-refractivity contribution in [2.45, 2.75) is 58.5 Å². The molecule has 0 bridgehead atoms. The van der Waals surface area contributed by atoms with Crippen molar-refractivity contribution in [2.75, 3.05) is 19.8 Å². The highest BCUT2D eigenvalue weighted by Crippen LogP contribution is 2.28. The van der Waals surface area contributed by atoms with Crippen molar-refractivity contribution in [3.05, 3.63) is 17.2 Å². The van der Waals surface area contributed by atoms with Crippen molar-refractivity contribution in [3.8, 4) is 0 Å². The van der Waals surface area contributed by atoms with Crippen LogP contribution < -0.4 is 5.32 Å². The van der Waals surface area contributed by atoms with Crippen LogP contribution in [0.4, 0.5) is 0 Å². The van der Waals surface area contributed by atoms with Crippen molar-refractivity contribution in [1.82, 2.24) is 14.9 Å². The number of fused-ring (bicyclic) bond motifs is 1. The van der Waals surface area contributed by atoms with Gasteiger partial charge in [0.15, 0.2) is 0 Å². The zero-order valence-electron chi connectivity index (χ0n) is 12.8. The van der Waals surface area contributed by atoms with Gasteiger partial charge in [-0.2, -0.15) is 0 Å². The summed E-state index contributed by atoms with van der Waals surface area (Å²) in [4.78, 5) is 4.85. The van der Waals surface area contributed by atoms with Gasteiger partial charge in [-0.1, -0.05) is 13.8 Å². The SMILES string of the molecule is CC(C)c1nc2c(n1CCCOCC1CC1)CCNC2. The zero-order chi connectivity index (χ0) is 13.9. The van der Waals surface area contributed by atoms with E-state index in [1.807, 2.05) is 0 Å². The predicted octanol–water partition coefficient (Wildman–Crippen LogP) is 2.47. The Morgan fingerprint density at radius 3 is 3.00 bits per heavy atom. The number of nitrogens with one attached hydrogen (secondary N) is 1. The Bertz CT molecular complexity index is 449. The summed E-state index contributed by atoms with van der Waals surface area (Å²) in [6.45, 7) is 9.40. The van der Waals surface area contributed by atoms with Crippen LogP contribution in [0.3, 0.4) is 0 Å². The summed E-state index contributed by atoms with van der Waals surface area (Å²) in [6, 6.07) is 0. The third-order valence-corrected chi connectivity index (χ3v) is 4.25. The lowest BCUT2D eigenvalue weighted by Crippen LogP contribution is -2.25. The molecule has 1 aliphatic carbocycles. The summed E-state index contributed by atoms with van der Waals surface area (Å²) in [7, 11) is 0. The van der Waals surface area contributed by atoms with Gasteiger partial charge >= 0.3 is 0 Å². The molecular weight excluding hydrogens is 250 g/mol. The van der Waals surface area contributed by atoms with Crippen LogP contribution in [0.2, 0.25) is 0 Å². The van der Waals surface area contributed by atoms with Gasteiger partial charge in [0.25, 0.3) is 0 Å². The molecule has 0 spiro atoms. The number of aromatic nitrogens is 2. The third kappa shape index (κ3) is 3.23. The van der Waals surface area contributed by atoms with Crippen LogP contribution in [0.25, 0.3) is 0 Å². The maximum atomic E-state index is 5.75. The van der Waals surface area contributed by atoms with E-state index in [4.69, 9.17) is 9.72 Å². The molecule has 1 fully saturated rings. The number of rotatable bonds is 7. The van der Waals surface area contributed by atoms with E-state index in [0.717, 1.165) is 51.6 Å². The van der Waals surface area contributed by atoms with Crippen LogP contribution in [0.1, 0.15) is 56.2 Å². The Balaban J connectivity index is 1.59. The topological polar surface area (TPSA) is 39.1 Å². The number of ether oxygens (including phenoxy) is 1. The molecule has 0 atom stereocenters. The number of hydrogen-bond donors (Lipinski definition) is 1. The first-order valence-corrected chi connectivity index (χ1v) is 8.12. The van der Waals surface area contributed by atoms with Gasteiger partial charge in [0, 0.05) is 50.9 Å². The first-order chi connectivity index (χ1) is 9.75. The van der Waals surface area contributed by atoms with E-state index in [1.54, 1.807) is 0 Å². The van der Waals surface area contributed by atoms with Gasteiger partial charge in [0.1, 0.15) is 5.82 Å². The molecule has 2 aliphatic rings. The molecule has 1 aliphatic heterocycles. The molecule has 4 nitrogen and oxygen atoms in total. The molecule has 20 heavy (non-hydrogen) atoms. The maximum Gasteiger partial charge on any atom is 0.111 e. The van der Waals surface area contributed by atoms with E-state index in [1.165, 1.54) is 30.1 Å². The van der Waals surface area contributed by atoms with Gasteiger partial charge in [0.2, 0.25) is 0 Å². The molecule has 1 N–H and O–H groups in total. The molecule has 1 aromatic rings. The summed E-state index contributed by atoms with van der Waals surface area (Å²) >= 11 is 0. The second-order valence-electron chi connectivity index (χ2n) is 6.47. The van der Waals surface area contributed by atoms with Crippen LogP contribution >= 0.6 is 0 Å². The molecule has 0 saturated heterocycles. The lowest BCUT2D eigenvalue weighted by molar-refractivity contribution is 0.119. The van der Waals surface area contributed by atoms with Crippen LogP contribution in [0, 0.1) is 5.92 Å². The normalized spacial score (nSPS) is 18.6. The Morgan fingerprint density at radius 1 is 1.40 bits per heavy atom. The molecular formula is C16H27N3O. The van der Waals surface area contributed by atoms with Crippen LogP contribution in [-0.4, -0.2) is 29.3 Å². The molecule has 112 valence electrons. The summed E-state index contributed by atoms with van der Waals surface area (Å²) in [5.41, 5.74) is 2.72. The van der Waals surface area contributed by atoms with Gasteiger partial charge in [-0.05, 0) is 25.2 Å². The fourth-order valence-corrected chi connectivity index (χ4v) is 2.94. The van der Waals surface area contributed by atoms with Crippen molar-refractivity contribution in [1.29, 1.82) is 0 Å². The minimum atomic E-state index is 0.494. The Hall–Kier alpha value is -0.870. The van der Waals surface area contributed by atoms with Gasteiger partial charge in [-0.3, -0.25) is 0 Å². The molecule has 0 radical (unpaired) electrons. The number of imidazole rings is 1. The van der Waals surface area contributed by atoms with Crippen molar-refractivity contribution in [3.63, 3.8) is 0 Å². The van der Waals surface area contributed by atoms with E-state index >= 15 is 0 Å². The molecule has 0 aromatic carbocycles. The molecule has 0 unspecified atom stereocenters. The lowest BCUT2D eigenvalue weighted by Gasteiger charge is -2.17. The minimum Gasteiger partial charge on any atom is -0.381 e. The largest absolute Gasteiger partial charge is 0.381 e. The minimum absolute atomic E-state index is 0.494. The fourth-order valence-electron chi connectivity index (χ4n) is 2.94. The second-order valence-corrected chi connectivity index (χ2v) is 6.47. The van der Waals surface area contributed by atoms with Crippen molar-refractivity contribution >= 4 is 0 Å². The Labute approximate surface area is 121 Å². The Morgan fingerprint density at radius 2 is 2.25 bits per heavy atom. The predicted molar refractivity (Wildman–Crippen MR) is 79.9 cm³/mol. The monoisotopic (exact) mass is 277 g/mol. The smallest absolute Gasteiger partial charge is 0.111 e. The van der Waals surface area contributed by atoms with Crippen molar-refractivity contribution < 1.29 is 4.74 Å². The van der Waals surface area contributed by atoms with Crippen LogP contribution in [0.15, 0.2) is 0 Å². The molecule has 3 rings (SSSR count).